The number of hydrogen-bond donors (Lipinski definition) is 3. The summed E-state index contributed by atoms with van der Waals surface area (Å²) in [4.78, 5) is -0.222. The van der Waals surface area contributed by atoms with Crippen molar-refractivity contribution in [3.63, 3.8) is 0 Å². The van der Waals surface area contributed by atoms with Crippen molar-refractivity contribution in [3.8, 4) is 0 Å². The summed E-state index contributed by atoms with van der Waals surface area (Å²) in [5.74, 6) is 0. The summed E-state index contributed by atoms with van der Waals surface area (Å²) >= 11 is 11.6. The third-order valence-electron chi connectivity index (χ3n) is 2.34. The lowest BCUT2D eigenvalue weighted by Crippen LogP contribution is -2.37. The predicted octanol–water partition coefficient (Wildman–Crippen LogP) is 1.62. The fraction of sp³-hybridized carbons (Fsp3) is 0.400. The molecule has 0 heterocycles. The van der Waals surface area contributed by atoms with Crippen molar-refractivity contribution in [1.29, 1.82) is 0 Å². The minimum absolute atomic E-state index is 0.0345. The molecular weight excluding hydrogens is 299 g/mol. The first-order valence-corrected chi connectivity index (χ1v) is 7.43. The van der Waals surface area contributed by atoms with Gasteiger partial charge in [0.05, 0.1) is 17.3 Å². The van der Waals surface area contributed by atoms with Gasteiger partial charge < -0.3 is 10.8 Å². The zero-order valence-electron chi connectivity index (χ0n) is 9.65. The Hall–Kier alpha value is -0.530. The number of benzene rings is 1. The highest BCUT2D eigenvalue weighted by atomic mass is 35.5. The Balaban J connectivity index is 3.21. The van der Waals surface area contributed by atoms with Gasteiger partial charge in [-0.3, -0.25) is 0 Å². The van der Waals surface area contributed by atoms with Gasteiger partial charge in [0.25, 0.3) is 0 Å². The highest BCUT2D eigenvalue weighted by Crippen LogP contribution is 2.31. The highest BCUT2D eigenvalue weighted by Gasteiger charge is 2.24. The summed E-state index contributed by atoms with van der Waals surface area (Å²) in [5.41, 5.74) is 5.58. The van der Waals surface area contributed by atoms with Crippen LogP contribution < -0.4 is 10.5 Å². The summed E-state index contributed by atoms with van der Waals surface area (Å²) in [6, 6.07) is 2.02. The van der Waals surface area contributed by atoms with Gasteiger partial charge in [0.15, 0.2) is 0 Å². The van der Waals surface area contributed by atoms with Crippen molar-refractivity contribution < 1.29 is 13.5 Å². The fourth-order valence-corrected chi connectivity index (χ4v) is 3.69. The molecule has 0 aliphatic heterocycles. The van der Waals surface area contributed by atoms with Crippen LogP contribution in [0.2, 0.25) is 10.0 Å². The van der Waals surface area contributed by atoms with Gasteiger partial charge in [-0.15, -0.1) is 0 Å². The maximum absolute atomic E-state index is 12.1. The second kappa shape index (κ2) is 6.08. The maximum Gasteiger partial charge on any atom is 0.244 e. The second-order valence-corrected chi connectivity index (χ2v) is 6.21. The highest BCUT2D eigenvalue weighted by molar-refractivity contribution is 7.89. The van der Waals surface area contributed by atoms with Crippen LogP contribution in [-0.4, -0.2) is 26.2 Å². The van der Waals surface area contributed by atoms with Crippen molar-refractivity contribution in [2.45, 2.75) is 24.3 Å². The predicted molar refractivity (Wildman–Crippen MR) is 72.4 cm³/mol. The maximum atomic E-state index is 12.1. The average molecular weight is 313 g/mol. The van der Waals surface area contributed by atoms with Crippen LogP contribution in [0.5, 0.6) is 0 Å². The molecule has 0 radical (unpaired) electrons. The Labute approximate surface area is 116 Å². The Kier molecular flexibility index (Phi) is 5.24. The minimum atomic E-state index is -3.89. The number of halogens is 2. The van der Waals surface area contributed by atoms with Crippen LogP contribution in [0.15, 0.2) is 17.0 Å². The van der Waals surface area contributed by atoms with E-state index < -0.39 is 16.1 Å². The number of nitrogens with one attached hydrogen (secondary N) is 1. The number of anilines is 1. The number of hydrogen-bond acceptors (Lipinski definition) is 4. The molecule has 5 nitrogen and oxygen atoms in total. The monoisotopic (exact) mass is 312 g/mol. The molecule has 0 aromatic heterocycles. The topological polar surface area (TPSA) is 92.4 Å². The Morgan fingerprint density at radius 2 is 2.06 bits per heavy atom. The summed E-state index contributed by atoms with van der Waals surface area (Å²) in [6.07, 6.45) is 0.445. The molecule has 0 saturated heterocycles. The smallest absolute Gasteiger partial charge is 0.244 e. The van der Waals surface area contributed by atoms with Gasteiger partial charge >= 0.3 is 0 Å². The zero-order chi connectivity index (χ0) is 13.9. The third-order valence-corrected chi connectivity index (χ3v) is 4.61. The summed E-state index contributed by atoms with van der Waals surface area (Å²) in [7, 11) is -3.89. The van der Waals surface area contributed by atoms with Crippen LogP contribution in [0.4, 0.5) is 5.69 Å². The molecule has 1 aromatic rings. The lowest BCUT2D eigenvalue weighted by molar-refractivity contribution is 0.254. The molecule has 0 spiro atoms. The molecule has 8 heteroatoms. The van der Waals surface area contributed by atoms with Gasteiger partial charge in [0, 0.05) is 11.1 Å². The van der Waals surface area contributed by atoms with Crippen LogP contribution in [0.1, 0.15) is 13.3 Å². The van der Waals surface area contributed by atoms with Crippen molar-refractivity contribution in [2.75, 3.05) is 12.3 Å². The van der Waals surface area contributed by atoms with E-state index in [1.165, 1.54) is 12.1 Å². The number of nitrogen functional groups attached to an aromatic ring is 1. The van der Waals surface area contributed by atoms with Crippen LogP contribution in [0, 0.1) is 0 Å². The molecule has 0 aliphatic rings. The standard InChI is InChI=1S/C10H14Cl2N2O3S/c1-2-7(5-15)14-18(16,17)10-8(12)3-6(11)4-9(10)13/h3-4,7,14-15H,2,5,13H2,1H3. The molecular formula is C10H14Cl2N2O3S. The molecule has 4 N–H and O–H groups in total. The summed E-state index contributed by atoms with van der Waals surface area (Å²) in [5, 5.41) is 9.21. The van der Waals surface area contributed by atoms with E-state index in [0.29, 0.717) is 6.42 Å². The Morgan fingerprint density at radius 3 is 2.50 bits per heavy atom. The van der Waals surface area contributed by atoms with Gasteiger partial charge in [-0.05, 0) is 18.6 Å². The van der Waals surface area contributed by atoms with Crippen molar-refractivity contribution >= 4 is 38.9 Å². The first-order chi connectivity index (χ1) is 8.31. The first-order valence-electron chi connectivity index (χ1n) is 5.19. The lowest BCUT2D eigenvalue weighted by Gasteiger charge is -2.16. The largest absolute Gasteiger partial charge is 0.398 e. The number of aliphatic hydroxyl groups is 1. The third kappa shape index (κ3) is 3.49. The van der Waals surface area contributed by atoms with Crippen molar-refractivity contribution in [1.82, 2.24) is 4.72 Å². The van der Waals surface area contributed by atoms with Crippen LogP contribution in [0.25, 0.3) is 0 Å². The molecule has 1 aromatic carbocycles. The number of nitrogens with two attached hydrogens (primary N) is 1. The van der Waals surface area contributed by atoms with E-state index in [4.69, 9.17) is 34.0 Å². The zero-order valence-corrected chi connectivity index (χ0v) is 12.0. The van der Waals surface area contributed by atoms with E-state index in [9.17, 15) is 8.42 Å². The number of aliphatic hydroxyl groups excluding tert-OH is 1. The van der Waals surface area contributed by atoms with Gasteiger partial charge in [-0.1, -0.05) is 30.1 Å². The van der Waals surface area contributed by atoms with Gasteiger partial charge in [-0.2, -0.15) is 0 Å². The van der Waals surface area contributed by atoms with Crippen molar-refractivity contribution in [3.05, 3.63) is 22.2 Å². The molecule has 1 rings (SSSR count). The van der Waals surface area contributed by atoms with Crippen LogP contribution in [-0.2, 0) is 10.0 Å². The van der Waals surface area contributed by atoms with Crippen LogP contribution >= 0.6 is 23.2 Å². The van der Waals surface area contributed by atoms with E-state index in [1.54, 1.807) is 6.92 Å². The van der Waals surface area contributed by atoms with E-state index in [1.807, 2.05) is 0 Å². The van der Waals surface area contributed by atoms with Gasteiger partial charge in [0.1, 0.15) is 4.90 Å². The Bertz CT molecular complexity index is 507. The van der Waals surface area contributed by atoms with E-state index in [-0.39, 0.29) is 27.2 Å². The molecule has 0 bridgehead atoms. The van der Waals surface area contributed by atoms with E-state index >= 15 is 0 Å². The molecule has 0 saturated carbocycles. The molecule has 18 heavy (non-hydrogen) atoms. The summed E-state index contributed by atoms with van der Waals surface area (Å²) in [6.45, 7) is 1.44. The quantitative estimate of drug-likeness (QED) is 0.720. The molecule has 102 valence electrons. The average Bonchev–Trinajstić information content (AvgIpc) is 2.23. The normalized spacial score (nSPS) is 13.6. The second-order valence-electron chi connectivity index (χ2n) is 3.71. The number of rotatable bonds is 5. The number of sulfonamides is 1. The molecule has 1 atom stereocenters. The molecule has 1 unspecified atom stereocenters. The van der Waals surface area contributed by atoms with Crippen LogP contribution in [0.3, 0.4) is 0 Å². The van der Waals surface area contributed by atoms with Gasteiger partial charge in [0.2, 0.25) is 10.0 Å². The molecule has 0 fully saturated rings. The van der Waals surface area contributed by atoms with E-state index in [2.05, 4.69) is 4.72 Å². The molecule has 0 aliphatic carbocycles. The van der Waals surface area contributed by atoms with E-state index in [0.717, 1.165) is 0 Å². The summed E-state index contributed by atoms with van der Waals surface area (Å²) < 4.78 is 26.5. The van der Waals surface area contributed by atoms with Gasteiger partial charge in [-0.25, -0.2) is 13.1 Å². The lowest BCUT2D eigenvalue weighted by atomic mass is 10.3. The minimum Gasteiger partial charge on any atom is -0.398 e. The fourth-order valence-electron chi connectivity index (χ4n) is 1.39. The first kappa shape index (κ1) is 15.5. The van der Waals surface area contributed by atoms with Crippen molar-refractivity contribution in [2.24, 2.45) is 0 Å². The Morgan fingerprint density at radius 1 is 1.44 bits per heavy atom. The SMILES string of the molecule is CCC(CO)NS(=O)(=O)c1c(N)cc(Cl)cc1Cl. The molecule has 0 amide bonds.